The second-order valence-corrected chi connectivity index (χ2v) is 3.82. The van der Waals surface area contributed by atoms with Crippen LogP contribution >= 0.6 is 0 Å². The maximum absolute atomic E-state index is 4.33. The Bertz CT molecular complexity index is 337. The fourth-order valence-corrected chi connectivity index (χ4v) is 1.46. The van der Waals surface area contributed by atoms with Crippen molar-refractivity contribution in [2.24, 2.45) is 5.92 Å². The third-order valence-corrected chi connectivity index (χ3v) is 2.06. The maximum Gasteiger partial charge on any atom is 0.0696 e. The summed E-state index contributed by atoms with van der Waals surface area (Å²) in [5, 5.41) is 0. The number of pyridine rings is 1. The fraction of sp³-hybridized carbons (Fsp3) is 0.308. The maximum atomic E-state index is 4.33. The van der Waals surface area contributed by atoms with Gasteiger partial charge in [-0.25, -0.2) is 0 Å². The molecule has 0 saturated carbocycles. The van der Waals surface area contributed by atoms with Gasteiger partial charge < -0.3 is 0 Å². The van der Waals surface area contributed by atoms with Crippen molar-refractivity contribution in [1.82, 2.24) is 4.98 Å². The summed E-state index contributed by atoms with van der Waals surface area (Å²) >= 11 is 0. The van der Waals surface area contributed by atoms with Gasteiger partial charge in [0.2, 0.25) is 0 Å². The lowest BCUT2D eigenvalue weighted by atomic mass is 10.0. The van der Waals surface area contributed by atoms with E-state index in [1.165, 1.54) is 5.56 Å². The van der Waals surface area contributed by atoms with Crippen LogP contribution in [0.4, 0.5) is 0 Å². The van der Waals surface area contributed by atoms with E-state index in [1.807, 2.05) is 12.3 Å². The summed E-state index contributed by atoms with van der Waals surface area (Å²) in [6.45, 7) is 11.9. The topological polar surface area (TPSA) is 12.9 Å². The van der Waals surface area contributed by atoms with Crippen LogP contribution in [-0.2, 0) is 6.42 Å². The van der Waals surface area contributed by atoms with Crippen LogP contribution in [0.1, 0.15) is 30.7 Å². The Balaban J connectivity index is 3.01. The van der Waals surface area contributed by atoms with Gasteiger partial charge >= 0.3 is 0 Å². The Morgan fingerprint density at radius 3 is 2.57 bits per heavy atom. The highest BCUT2D eigenvalue weighted by atomic mass is 14.7. The predicted molar refractivity (Wildman–Crippen MR) is 63.0 cm³/mol. The van der Waals surface area contributed by atoms with E-state index in [-0.39, 0.29) is 0 Å². The fourth-order valence-electron chi connectivity index (χ4n) is 1.46. The van der Waals surface area contributed by atoms with Crippen molar-refractivity contribution in [2.45, 2.75) is 20.3 Å². The molecule has 14 heavy (non-hydrogen) atoms. The lowest BCUT2D eigenvalue weighted by molar-refractivity contribution is 0.645. The summed E-state index contributed by atoms with van der Waals surface area (Å²) in [7, 11) is 0. The van der Waals surface area contributed by atoms with Crippen LogP contribution in [0.3, 0.4) is 0 Å². The van der Waals surface area contributed by atoms with Crippen molar-refractivity contribution >= 4 is 12.2 Å². The lowest BCUT2D eigenvalue weighted by Crippen LogP contribution is -1.97. The first-order valence-corrected chi connectivity index (χ1v) is 4.91. The van der Waals surface area contributed by atoms with Crippen molar-refractivity contribution in [3.63, 3.8) is 0 Å². The molecule has 0 saturated heterocycles. The highest BCUT2D eigenvalue weighted by molar-refractivity contribution is 5.60. The minimum absolute atomic E-state index is 0.657. The van der Waals surface area contributed by atoms with Crippen LogP contribution in [0.2, 0.25) is 0 Å². The van der Waals surface area contributed by atoms with Gasteiger partial charge in [-0.1, -0.05) is 33.1 Å². The zero-order chi connectivity index (χ0) is 10.6. The van der Waals surface area contributed by atoms with Crippen molar-refractivity contribution < 1.29 is 0 Å². The van der Waals surface area contributed by atoms with E-state index in [1.54, 1.807) is 6.08 Å². The van der Waals surface area contributed by atoms with E-state index in [4.69, 9.17) is 0 Å². The highest BCUT2D eigenvalue weighted by Gasteiger charge is 2.01. The minimum Gasteiger partial charge on any atom is -0.256 e. The summed E-state index contributed by atoms with van der Waals surface area (Å²) in [6.07, 6.45) is 6.57. The van der Waals surface area contributed by atoms with Crippen LogP contribution in [0.15, 0.2) is 25.4 Å². The molecule has 0 aromatic carbocycles. The van der Waals surface area contributed by atoms with E-state index in [0.717, 1.165) is 17.7 Å². The molecule has 1 rings (SSSR count). The van der Waals surface area contributed by atoms with Crippen LogP contribution in [0.25, 0.3) is 12.2 Å². The number of hydrogen-bond donors (Lipinski definition) is 0. The van der Waals surface area contributed by atoms with Gasteiger partial charge in [0, 0.05) is 6.20 Å². The van der Waals surface area contributed by atoms with Gasteiger partial charge in [-0.2, -0.15) is 0 Å². The Morgan fingerprint density at radius 2 is 2.07 bits per heavy atom. The summed E-state index contributed by atoms with van der Waals surface area (Å²) in [5.41, 5.74) is 3.24. The second-order valence-electron chi connectivity index (χ2n) is 3.82. The number of aromatic nitrogens is 1. The molecule has 1 heterocycles. The first-order chi connectivity index (χ1) is 6.67. The smallest absolute Gasteiger partial charge is 0.0696 e. The molecular formula is C13H17N. The zero-order valence-electron chi connectivity index (χ0n) is 8.96. The largest absolute Gasteiger partial charge is 0.256 e. The average Bonchev–Trinajstić information content (AvgIpc) is 2.16. The van der Waals surface area contributed by atoms with Gasteiger partial charge in [0.05, 0.1) is 5.69 Å². The Hall–Kier alpha value is -1.37. The third-order valence-electron chi connectivity index (χ3n) is 2.06. The van der Waals surface area contributed by atoms with Crippen molar-refractivity contribution in [3.8, 4) is 0 Å². The van der Waals surface area contributed by atoms with Gasteiger partial charge in [-0.05, 0) is 35.6 Å². The van der Waals surface area contributed by atoms with Gasteiger partial charge in [0.15, 0.2) is 0 Å². The second kappa shape index (κ2) is 4.75. The zero-order valence-corrected chi connectivity index (χ0v) is 8.96. The van der Waals surface area contributed by atoms with E-state index >= 15 is 0 Å². The molecule has 0 amide bonds. The van der Waals surface area contributed by atoms with E-state index in [9.17, 15) is 0 Å². The van der Waals surface area contributed by atoms with Crippen molar-refractivity contribution in [1.29, 1.82) is 0 Å². The Kier molecular flexibility index (Phi) is 3.63. The molecular weight excluding hydrogens is 170 g/mol. The molecule has 74 valence electrons. The highest BCUT2D eigenvalue weighted by Crippen LogP contribution is 2.14. The molecule has 0 atom stereocenters. The molecule has 0 aliphatic carbocycles. The molecule has 0 bridgehead atoms. The Labute approximate surface area is 86.2 Å². The minimum atomic E-state index is 0.657. The van der Waals surface area contributed by atoms with Gasteiger partial charge in [-0.3, -0.25) is 4.98 Å². The standard InChI is InChI=1S/C13H17N/c1-5-12-8-11(7-10(3)4)9-14-13(12)6-2/h5-6,8-10H,1-2,7H2,3-4H3. The molecule has 0 aliphatic heterocycles. The average molecular weight is 187 g/mol. The van der Waals surface area contributed by atoms with Crippen LogP contribution < -0.4 is 0 Å². The van der Waals surface area contributed by atoms with Gasteiger partial charge in [-0.15, -0.1) is 0 Å². The van der Waals surface area contributed by atoms with E-state index in [0.29, 0.717) is 5.92 Å². The van der Waals surface area contributed by atoms with Gasteiger partial charge in [0.25, 0.3) is 0 Å². The molecule has 1 aromatic rings. The molecule has 0 aliphatic rings. The summed E-state index contributed by atoms with van der Waals surface area (Å²) < 4.78 is 0. The quantitative estimate of drug-likeness (QED) is 0.702. The molecule has 0 unspecified atom stereocenters. The van der Waals surface area contributed by atoms with Crippen molar-refractivity contribution in [3.05, 3.63) is 42.2 Å². The Morgan fingerprint density at radius 1 is 1.36 bits per heavy atom. The molecule has 1 aromatic heterocycles. The SMILES string of the molecule is C=Cc1cc(CC(C)C)cnc1C=C. The number of rotatable bonds is 4. The lowest BCUT2D eigenvalue weighted by Gasteiger charge is -2.07. The molecule has 1 heteroatoms. The number of hydrogen-bond acceptors (Lipinski definition) is 1. The first kappa shape index (κ1) is 10.7. The van der Waals surface area contributed by atoms with Crippen LogP contribution in [-0.4, -0.2) is 4.98 Å². The molecule has 0 N–H and O–H groups in total. The molecule has 0 spiro atoms. The first-order valence-electron chi connectivity index (χ1n) is 4.91. The van der Waals surface area contributed by atoms with Crippen LogP contribution in [0.5, 0.6) is 0 Å². The molecule has 0 radical (unpaired) electrons. The van der Waals surface area contributed by atoms with Crippen molar-refractivity contribution in [2.75, 3.05) is 0 Å². The number of nitrogens with zero attached hydrogens (tertiary/aromatic N) is 1. The normalized spacial score (nSPS) is 10.2. The van der Waals surface area contributed by atoms with Crippen LogP contribution in [0, 0.1) is 5.92 Å². The monoisotopic (exact) mass is 187 g/mol. The molecule has 1 nitrogen and oxygen atoms in total. The summed E-state index contributed by atoms with van der Waals surface area (Å²) in [4.78, 5) is 4.33. The molecule has 0 fully saturated rings. The van der Waals surface area contributed by atoms with E-state index in [2.05, 4.69) is 38.1 Å². The van der Waals surface area contributed by atoms with Gasteiger partial charge in [0.1, 0.15) is 0 Å². The van der Waals surface area contributed by atoms with E-state index < -0.39 is 0 Å². The predicted octanol–water partition coefficient (Wildman–Crippen LogP) is 3.57. The summed E-state index contributed by atoms with van der Waals surface area (Å²) in [6, 6.07) is 2.14. The third kappa shape index (κ3) is 2.56. The summed E-state index contributed by atoms with van der Waals surface area (Å²) in [5.74, 6) is 0.657.